The van der Waals surface area contributed by atoms with Crippen molar-refractivity contribution in [3.63, 3.8) is 0 Å². The largest absolute Gasteiger partial charge is 0.398 e. The number of nitrogens with zero attached hydrogens (tertiary/aromatic N) is 1. The Balaban J connectivity index is 1.73. The average molecular weight is 204 g/mol. The van der Waals surface area contributed by atoms with Crippen LogP contribution in [0, 0.1) is 0 Å². The number of para-hydroxylation sites is 1. The third kappa shape index (κ3) is 1.62. The molecule has 2 bridgehead atoms. The monoisotopic (exact) mass is 204 g/mol. The SMILES string of the molecule is Nc1ccccc1CN1CC2CC1CO2. The van der Waals surface area contributed by atoms with Gasteiger partial charge in [0.2, 0.25) is 0 Å². The van der Waals surface area contributed by atoms with Gasteiger partial charge < -0.3 is 10.5 Å². The number of hydrogen-bond acceptors (Lipinski definition) is 3. The maximum absolute atomic E-state index is 5.94. The van der Waals surface area contributed by atoms with E-state index in [0.717, 1.165) is 25.4 Å². The maximum Gasteiger partial charge on any atom is 0.0718 e. The third-order valence-corrected chi connectivity index (χ3v) is 3.44. The van der Waals surface area contributed by atoms with Crippen molar-refractivity contribution in [1.82, 2.24) is 4.90 Å². The molecule has 2 heterocycles. The first-order valence-corrected chi connectivity index (χ1v) is 5.52. The van der Waals surface area contributed by atoms with Crippen LogP contribution in [0.25, 0.3) is 0 Å². The zero-order valence-corrected chi connectivity index (χ0v) is 8.73. The van der Waals surface area contributed by atoms with Crippen LogP contribution in [0.4, 0.5) is 5.69 Å². The zero-order chi connectivity index (χ0) is 10.3. The molecule has 15 heavy (non-hydrogen) atoms. The van der Waals surface area contributed by atoms with Gasteiger partial charge in [-0.15, -0.1) is 0 Å². The molecule has 1 aromatic carbocycles. The Morgan fingerprint density at radius 2 is 2.27 bits per heavy atom. The van der Waals surface area contributed by atoms with Gasteiger partial charge in [0.15, 0.2) is 0 Å². The first kappa shape index (κ1) is 9.19. The van der Waals surface area contributed by atoms with E-state index >= 15 is 0 Å². The van der Waals surface area contributed by atoms with Gasteiger partial charge in [-0.25, -0.2) is 0 Å². The Morgan fingerprint density at radius 3 is 2.93 bits per heavy atom. The van der Waals surface area contributed by atoms with Gasteiger partial charge in [0, 0.05) is 24.8 Å². The van der Waals surface area contributed by atoms with Crippen LogP contribution in [-0.2, 0) is 11.3 Å². The van der Waals surface area contributed by atoms with E-state index in [1.54, 1.807) is 0 Å². The molecule has 3 nitrogen and oxygen atoms in total. The predicted octanol–water partition coefficient (Wildman–Crippen LogP) is 1.24. The van der Waals surface area contributed by atoms with Gasteiger partial charge in [-0.3, -0.25) is 4.90 Å². The lowest BCUT2D eigenvalue weighted by Gasteiger charge is -2.27. The Morgan fingerprint density at radius 1 is 1.40 bits per heavy atom. The fourth-order valence-corrected chi connectivity index (χ4v) is 2.57. The molecule has 2 aliphatic rings. The van der Waals surface area contributed by atoms with Crippen LogP contribution >= 0.6 is 0 Å². The topological polar surface area (TPSA) is 38.5 Å². The van der Waals surface area contributed by atoms with Crippen LogP contribution in [0.1, 0.15) is 12.0 Å². The number of nitrogen functional groups attached to an aromatic ring is 1. The molecule has 2 atom stereocenters. The van der Waals surface area contributed by atoms with Crippen LogP contribution in [0.15, 0.2) is 24.3 Å². The van der Waals surface area contributed by atoms with Gasteiger partial charge in [0.1, 0.15) is 0 Å². The summed E-state index contributed by atoms with van der Waals surface area (Å²) in [5, 5.41) is 0. The Labute approximate surface area is 89.8 Å². The minimum Gasteiger partial charge on any atom is -0.398 e. The number of morpholine rings is 1. The number of fused-ring (bicyclic) bond motifs is 2. The van der Waals surface area contributed by atoms with Crippen molar-refractivity contribution in [2.45, 2.75) is 25.1 Å². The van der Waals surface area contributed by atoms with Gasteiger partial charge in [0.25, 0.3) is 0 Å². The highest BCUT2D eigenvalue weighted by atomic mass is 16.5. The molecule has 3 heteroatoms. The molecular weight excluding hydrogens is 188 g/mol. The standard InChI is InChI=1S/C12H16N2O/c13-12-4-2-1-3-9(12)6-14-7-11-5-10(14)8-15-11/h1-4,10-11H,5-8,13H2. The summed E-state index contributed by atoms with van der Waals surface area (Å²) in [6.07, 6.45) is 1.67. The van der Waals surface area contributed by atoms with E-state index < -0.39 is 0 Å². The highest BCUT2D eigenvalue weighted by Gasteiger charge is 2.38. The van der Waals surface area contributed by atoms with E-state index in [1.165, 1.54) is 12.0 Å². The molecule has 2 fully saturated rings. The summed E-state index contributed by atoms with van der Waals surface area (Å²) in [5.41, 5.74) is 8.08. The zero-order valence-electron chi connectivity index (χ0n) is 8.73. The van der Waals surface area contributed by atoms with E-state index in [4.69, 9.17) is 10.5 Å². The summed E-state index contributed by atoms with van der Waals surface area (Å²) < 4.78 is 5.58. The van der Waals surface area contributed by atoms with Gasteiger partial charge in [-0.05, 0) is 18.1 Å². The Kier molecular flexibility index (Phi) is 2.15. The maximum atomic E-state index is 5.94. The van der Waals surface area contributed by atoms with Crippen molar-refractivity contribution in [2.24, 2.45) is 0 Å². The molecule has 2 aliphatic heterocycles. The van der Waals surface area contributed by atoms with Crippen molar-refractivity contribution < 1.29 is 4.74 Å². The highest BCUT2D eigenvalue weighted by Crippen LogP contribution is 2.29. The number of likely N-dealkylation sites (tertiary alicyclic amines) is 1. The molecule has 0 aliphatic carbocycles. The summed E-state index contributed by atoms with van der Waals surface area (Å²) in [6, 6.07) is 8.74. The molecular formula is C12H16N2O. The molecule has 1 aromatic rings. The van der Waals surface area contributed by atoms with Crippen LogP contribution < -0.4 is 5.73 Å². The second-order valence-corrected chi connectivity index (χ2v) is 4.47. The molecule has 0 aromatic heterocycles. The molecule has 0 amide bonds. The minimum absolute atomic E-state index is 0.472. The number of rotatable bonds is 2. The molecule has 0 saturated carbocycles. The van der Waals surface area contributed by atoms with Crippen molar-refractivity contribution in [1.29, 1.82) is 0 Å². The van der Waals surface area contributed by atoms with Gasteiger partial charge in [-0.1, -0.05) is 18.2 Å². The van der Waals surface area contributed by atoms with E-state index in [2.05, 4.69) is 17.0 Å². The predicted molar refractivity (Wildman–Crippen MR) is 59.4 cm³/mol. The number of hydrogen-bond donors (Lipinski definition) is 1. The Hall–Kier alpha value is -1.06. The van der Waals surface area contributed by atoms with Gasteiger partial charge in [-0.2, -0.15) is 0 Å². The summed E-state index contributed by atoms with van der Waals surface area (Å²) in [5.74, 6) is 0. The number of anilines is 1. The summed E-state index contributed by atoms with van der Waals surface area (Å²) >= 11 is 0. The van der Waals surface area contributed by atoms with Crippen LogP contribution in [0.5, 0.6) is 0 Å². The summed E-state index contributed by atoms with van der Waals surface area (Å²) in [7, 11) is 0. The highest BCUT2D eigenvalue weighted by molar-refractivity contribution is 5.46. The van der Waals surface area contributed by atoms with Crippen molar-refractivity contribution >= 4 is 5.69 Å². The van der Waals surface area contributed by atoms with E-state index in [9.17, 15) is 0 Å². The molecule has 2 N–H and O–H groups in total. The molecule has 0 radical (unpaired) electrons. The lowest BCUT2D eigenvalue weighted by atomic mass is 10.1. The summed E-state index contributed by atoms with van der Waals surface area (Å²) in [4.78, 5) is 2.49. The van der Waals surface area contributed by atoms with Gasteiger partial charge >= 0.3 is 0 Å². The second-order valence-electron chi connectivity index (χ2n) is 4.47. The average Bonchev–Trinajstić information content (AvgIpc) is 2.83. The summed E-state index contributed by atoms with van der Waals surface area (Å²) in [6.45, 7) is 2.94. The fourth-order valence-electron chi connectivity index (χ4n) is 2.57. The van der Waals surface area contributed by atoms with Gasteiger partial charge in [0.05, 0.1) is 12.7 Å². The first-order valence-electron chi connectivity index (χ1n) is 5.52. The third-order valence-electron chi connectivity index (χ3n) is 3.44. The Bertz CT molecular complexity index is 366. The number of benzene rings is 1. The molecule has 2 saturated heterocycles. The van der Waals surface area contributed by atoms with Crippen LogP contribution in [-0.4, -0.2) is 30.2 Å². The first-order chi connectivity index (χ1) is 7.33. The smallest absolute Gasteiger partial charge is 0.0718 e. The molecule has 80 valence electrons. The van der Waals surface area contributed by atoms with Crippen LogP contribution in [0.3, 0.4) is 0 Å². The van der Waals surface area contributed by atoms with Crippen molar-refractivity contribution in [3.05, 3.63) is 29.8 Å². The molecule has 2 unspecified atom stereocenters. The lowest BCUT2D eigenvalue weighted by molar-refractivity contribution is 0.0274. The number of nitrogens with two attached hydrogens (primary N) is 1. The van der Waals surface area contributed by atoms with Crippen LogP contribution in [0.2, 0.25) is 0 Å². The van der Waals surface area contributed by atoms with Crippen molar-refractivity contribution in [3.8, 4) is 0 Å². The fraction of sp³-hybridized carbons (Fsp3) is 0.500. The molecule has 0 spiro atoms. The lowest BCUT2D eigenvalue weighted by Crippen LogP contribution is -2.36. The number of ether oxygens (including phenoxy) is 1. The van der Waals surface area contributed by atoms with Crippen molar-refractivity contribution in [2.75, 3.05) is 18.9 Å². The normalized spacial score (nSPS) is 29.9. The second kappa shape index (κ2) is 3.51. The van der Waals surface area contributed by atoms with E-state index in [-0.39, 0.29) is 0 Å². The van der Waals surface area contributed by atoms with E-state index in [1.807, 2.05) is 12.1 Å². The quantitative estimate of drug-likeness (QED) is 0.737. The minimum atomic E-state index is 0.472. The van der Waals surface area contributed by atoms with E-state index in [0.29, 0.717) is 12.1 Å². The molecule has 3 rings (SSSR count).